The first-order valence-corrected chi connectivity index (χ1v) is 14.0. The first kappa shape index (κ1) is 27.8. The standard InChI is InChI=1S/C27H36FN3O4S/c1-21(27(33)29-23-13-5-3-6-14-23)31(20-22-12-9-10-17-25(22)28)26(32)18-11-19-30(2)36(34,35)24-15-7-4-8-16-24/h4,7-10,12,15-17,21,23H,3,5-6,11,13-14,18-20H2,1-2H3,(H,29,33)/t21-/m1/s1. The van der Waals surface area contributed by atoms with Gasteiger partial charge in [-0.05, 0) is 44.4 Å². The van der Waals surface area contributed by atoms with Crippen molar-refractivity contribution in [2.75, 3.05) is 13.6 Å². The molecule has 0 aliphatic heterocycles. The second kappa shape index (κ2) is 13.0. The maximum atomic E-state index is 14.4. The molecule has 0 heterocycles. The highest BCUT2D eigenvalue weighted by Crippen LogP contribution is 2.20. The molecule has 196 valence electrons. The highest BCUT2D eigenvalue weighted by atomic mass is 32.2. The van der Waals surface area contributed by atoms with Crippen molar-refractivity contribution in [3.63, 3.8) is 0 Å². The van der Waals surface area contributed by atoms with E-state index in [2.05, 4.69) is 5.32 Å². The van der Waals surface area contributed by atoms with Crippen LogP contribution in [0, 0.1) is 5.82 Å². The summed E-state index contributed by atoms with van der Waals surface area (Å²) < 4.78 is 41.1. The normalized spacial score (nSPS) is 15.4. The lowest BCUT2D eigenvalue weighted by molar-refractivity contribution is -0.141. The van der Waals surface area contributed by atoms with Gasteiger partial charge in [-0.2, -0.15) is 0 Å². The molecule has 1 fully saturated rings. The van der Waals surface area contributed by atoms with E-state index in [1.165, 1.54) is 34.5 Å². The smallest absolute Gasteiger partial charge is 0.242 e. The molecule has 0 saturated heterocycles. The number of carbonyl (C=O) groups excluding carboxylic acids is 2. The van der Waals surface area contributed by atoms with Crippen LogP contribution < -0.4 is 5.32 Å². The quantitative estimate of drug-likeness (QED) is 0.486. The van der Waals surface area contributed by atoms with Gasteiger partial charge >= 0.3 is 0 Å². The van der Waals surface area contributed by atoms with Gasteiger partial charge in [-0.3, -0.25) is 9.59 Å². The molecular weight excluding hydrogens is 481 g/mol. The second-order valence-electron chi connectivity index (χ2n) is 9.38. The number of nitrogens with one attached hydrogen (secondary N) is 1. The van der Waals surface area contributed by atoms with E-state index in [1.807, 2.05) is 0 Å². The number of carbonyl (C=O) groups is 2. The molecule has 2 aromatic rings. The molecule has 1 aliphatic rings. The average Bonchev–Trinajstić information content (AvgIpc) is 2.88. The Kier molecular flexibility index (Phi) is 10.0. The lowest BCUT2D eigenvalue weighted by Gasteiger charge is -2.31. The van der Waals surface area contributed by atoms with Crippen LogP contribution in [0.5, 0.6) is 0 Å². The van der Waals surface area contributed by atoms with Gasteiger partial charge in [-0.25, -0.2) is 17.1 Å². The summed E-state index contributed by atoms with van der Waals surface area (Å²) in [5, 5.41) is 3.05. The lowest BCUT2D eigenvalue weighted by atomic mass is 9.95. The lowest BCUT2D eigenvalue weighted by Crippen LogP contribution is -2.50. The summed E-state index contributed by atoms with van der Waals surface area (Å²) in [7, 11) is -2.19. The van der Waals surface area contributed by atoms with Crippen molar-refractivity contribution in [2.45, 2.75) is 75.4 Å². The number of halogens is 1. The predicted octanol–water partition coefficient (Wildman–Crippen LogP) is 4.09. The number of hydrogen-bond donors (Lipinski definition) is 1. The Bertz CT molecular complexity index is 1120. The summed E-state index contributed by atoms with van der Waals surface area (Å²) in [6.45, 7) is 1.75. The van der Waals surface area contributed by atoms with Gasteiger partial charge in [0, 0.05) is 38.2 Å². The molecule has 1 aliphatic carbocycles. The van der Waals surface area contributed by atoms with Crippen molar-refractivity contribution in [1.82, 2.24) is 14.5 Å². The molecule has 1 atom stereocenters. The van der Waals surface area contributed by atoms with Crippen molar-refractivity contribution in [2.24, 2.45) is 0 Å². The van der Waals surface area contributed by atoms with Gasteiger partial charge in [-0.15, -0.1) is 0 Å². The molecule has 2 amide bonds. The topological polar surface area (TPSA) is 86.8 Å². The van der Waals surface area contributed by atoms with E-state index in [1.54, 1.807) is 43.3 Å². The molecule has 3 rings (SSSR count). The Hall–Kier alpha value is -2.78. The maximum Gasteiger partial charge on any atom is 0.242 e. The molecule has 0 spiro atoms. The van der Waals surface area contributed by atoms with Gasteiger partial charge in [0.1, 0.15) is 11.9 Å². The first-order valence-electron chi connectivity index (χ1n) is 12.5. The molecule has 0 radical (unpaired) electrons. The fraction of sp³-hybridized carbons (Fsp3) is 0.481. The summed E-state index contributed by atoms with van der Waals surface area (Å²) in [6.07, 6.45) is 5.43. The molecule has 2 aromatic carbocycles. The summed E-state index contributed by atoms with van der Waals surface area (Å²) >= 11 is 0. The van der Waals surface area contributed by atoms with E-state index >= 15 is 0 Å². The molecule has 7 nitrogen and oxygen atoms in total. The van der Waals surface area contributed by atoms with E-state index < -0.39 is 21.9 Å². The number of sulfonamides is 1. The third-order valence-corrected chi connectivity index (χ3v) is 8.60. The third-order valence-electron chi connectivity index (χ3n) is 6.73. The van der Waals surface area contributed by atoms with E-state index in [0.29, 0.717) is 5.56 Å². The minimum atomic E-state index is -3.66. The minimum absolute atomic E-state index is 0.0319. The van der Waals surface area contributed by atoms with E-state index in [4.69, 9.17) is 0 Å². The highest BCUT2D eigenvalue weighted by molar-refractivity contribution is 7.89. The second-order valence-corrected chi connectivity index (χ2v) is 11.4. The molecule has 0 aromatic heterocycles. The Morgan fingerprint density at radius 1 is 1.03 bits per heavy atom. The van der Waals surface area contributed by atoms with Crippen LogP contribution >= 0.6 is 0 Å². The number of rotatable bonds is 11. The predicted molar refractivity (Wildman–Crippen MR) is 137 cm³/mol. The fourth-order valence-corrected chi connectivity index (χ4v) is 5.68. The van der Waals surface area contributed by atoms with E-state index in [-0.39, 0.29) is 48.7 Å². The van der Waals surface area contributed by atoms with Crippen LogP contribution in [0.1, 0.15) is 57.4 Å². The molecule has 0 unspecified atom stereocenters. The van der Waals surface area contributed by atoms with E-state index in [9.17, 15) is 22.4 Å². The van der Waals surface area contributed by atoms with Gasteiger partial charge in [0.2, 0.25) is 21.8 Å². The SMILES string of the molecule is C[C@H](C(=O)NC1CCCCC1)N(Cc1ccccc1F)C(=O)CCCN(C)S(=O)(=O)c1ccccc1. The van der Waals surface area contributed by atoms with Crippen molar-refractivity contribution in [1.29, 1.82) is 0 Å². The van der Waals surface area contributed by atoms with Crippen LogP contribution in [0.2, 0.25) is 0 Å². The van der Waals surface area contributed by atoms with Gasteiger partial charge in [0.25, 0.3) is 0 Å². The zero-order valence-corrected chi connectivity index (χ0v) is 21.8. The minimum Gasteiger partial charge on any atom is -0.352 e. The zero-order valence-electron chi connectivity index (χ0n) is 21.0. The van der Waals surface area contributed by atoms with Gasteiger partial charge < -0.3 is 10.2 Å². The largest absolute Gasteiger partial charge is 0.352 e. The van der Waals surface area contributed by atoms with Crippen LogP contribution in [0.3, 0.4) is 0 Å². The Balaban J connectivity index is 1.66. The number of nitrogens with zero attached hydrogens (tertiary/aromatic N) is 2. The molecule has 9 heteroatoms. The molecule has 0 bridgehead atoms. The number of amides is 2. The fourth-order valence-electron chi connectivity index (χ4n) is 4.45. The van der Waals surface area contributed by atoms with Crippen molar-refractivity contribution in [3.8, 4) is 0 Å². The summed E-state index contributed by atoms with van der Waals surface area (Å²) in [4.78, 5) is 27.8. The molecule has 1 saturated carbocycles. The van der Waals surface area contributed by atoms with Gasteiger partial charge in [0.05, 0.1) is 4.90 Å². The number of hydrogen-bond acceptors (Lipinski definition) is 4. The van der Waals surface area contributed by atoms with Crippen molar-refractivity contribution < 1.29 is 22.4 Å². The Labute approximate surface area is 213 Å². The summed E-state index contributed by atoms with van der Waals surface area (Å²) in [6, 6.07) is 13.6. The van der Waals surface area contributed by atoms with Crippen LogP contribution in [0.25, 0.3) is 0 Å². The highest BCUT2D eigenvalue weighted by Gasteiger charge is 2.29. The number of benzene rings is 2. The Morgan fingerprint density at radius 3 is 2.33 bits per heavy atom. The third kappa shape index (κ3) is 7.36. The van der Waals surface area contributed by atoms with Crippen molar-refractivity contribution >= 4 is 21.8 Å². The molecule has 36 heavy (non-hydrogen) atoms. The maximum absolute atomic E-state index is 14.4. The first-order chi connectivity index (χ1) is 17.2. The van der Waals surface area contributed by atoms with Crippen LogP contribution in [-0.4, -0.2) is 55.1 Å². The Morgan fingerprint density at radius 2 is 1.67 bits per heavy atom. The molecule has 1 N–H and O–H groups in total. The van der Waals surface area contributed by atoms with E-state index in [0.717, 1.165) is 32.1 Å². The van der Waals surface area contributed by atoms with Crippen LogP contribution in [0.4, 0.5) is 4.39 Å². The zero-order chi connectivity index (χ0) is 26.1. The molecular formula is C27H36FN3O4S. The van der Waals surface area contributed by atoms with Gasteiger partial charge in [0.15, 0.2) is 0 Å². The van der Waals surface area contributed by atoms with Crippen LogP contribution in [-0.2, 0) is 26.2 Å². The average molecular weight is 518 g/mol. The summed E-state index contributed by atoms with van der Waals surface area (Å²) in [5.41, 5.74) is 0.326. The monoisotopic (exact) mass is 517 g/mol. The van der Waals surface area contributed by atoms with Gasteiger partial charge in [-0.1, -0.05) is 55.7 Å². The van der Waals surface area contributed by atoms with Crippen molar-refractivity contribution in [3.05, 3.63) is 66.0 Å². The van der Waals surface area contributed by atoms with Crippen LogP contribution in [0.15, 0.2) is 59.5 Å². The summed E-state index contributed by atoms with van der Waals surface area (Å²) in [5.74, 6) is -1.02.